The first-order valence-electron chi connectivity index (χ1n) is 13.8. The molecule has 41 heavy (non-hydrogen) atoms. The molecule has 220 valence electrons. The summed E-state index contributed by atoms with van der Waals surface area (Å²) in [4.78, 5) is 41.2. The lowest BCUT2D eigenvalue weighted by Gasteiger charge is -2.33. The number of piperidine rings is 1. The molecule has 2 aliphatic heterocycles. The van der Waals surface area contributed by atoms with Gasteiger partial charge in [0, 0.05) is 51.4 Å². The summed E-state index contributed by atoms with van der Waals surface area (Å²) in [6.45, 7) is 6.34. The predicted octanol–water partition coefficient (Wildman–Crippen LogP) is 3.25. The highest BCUT2D eigenvalue weighted by Crippen LogP contribution is 2.38. The van der Waals surface area contributed by atoms with Gasteiger partial charge in [0.15, 0.2) is 0 Å². The Morgan fingerprint density at radius 2 is 1.76 bits per heavy atom. The lowest BCUT2D eigenvalue weighted by Crippen LogP contribution is -2.54. The van der Waals surface area contributed by atoms with Gasteiger partial charge in [-0.25, -0.2) is 4.72 Å². The summed E-state index contributed by atoms with van der Waals surface area (Å²) in [5.41, 5.74) is 2.61. The number of hydrogen-bond acceptors (Lipinski definition) is 7. The normalized spacial score (nSPS) is 19.0. The molecule has 2 aromatic rings. The maximum absolute atomic E-state index is 13.2. The van der Waals surface area contributed by atoms with E-state index in [4.69, 9.17) is 0 Å². The Morgan fingerprint density at radius 3 is 2.44 bits per heavy atom. The zero-order valence-corrected chi connectivity index (χ0v) is 24.5. The van der Waals surface area contributed by atoms with Crippen LogP contribution in [0.3, 0.4) is 0 Å². The molecule has 2 fully saturated rings. The molecule has 2 amide bonds. The average molecular weight is 584 g/mol. The van der Waals surface area contributed by atoms with Crippen LogP contribution < -0.4 is 4.72 Å². The van der Waals surface area contributed by atoms with E-state index in [9.17, 15) is 28.1 Å². The molecule has 0 spiro atoms. The van der Waals surface area contributed by atoms with Crippen LogP contribution in [0.25, 0.3) is 17.2 Å². The summed E-state index contributed by atoms with van der Waals surface area (Å²) >= 11 is 0. The van der Waals surface area contributed by atoms with Crippen LogP contribution >= 0.6 is 0 Å². The van der Waals surface area contributed by atoms with Gasteiger partial charge in [0.25, 0.3) is 5.69 Å². The van der Waals surface area contributed by atoms with Gasteiger partial charge >= 0.3 is 10.2 Å². The summed E-state index contributed by atoms with van der Waals surface area (Å²) in [5, 5.41) is 11.9. The molecule has 0 aliphatic carbocycles. The first-order chi connectivity index (χ1) is 19.5. The van der Waals surface area contributed by atoms with Gasteiger partial charge in [-0.3, -0.25) is 19.7 Å². The van der Waals surface area contributed by atoms with Crippen LogP contribution in [0, 0.1) is 16.0 Å². The number of nitro groups is 1. The van der Waals surface area contributed by atoms with Crippen molar-refractivity contribution < 1.29 is 22.9 Å². The minimum Gasteiger partial charge on any atom is -0.338 e. The Kier molecular flexibility index (Phi) is 9.57. The third kappa shape index (κ3) is 7.19. The standard InChI is InChI=1S/C29H37N5O6S/c1-21(2)24-10-4-5-11-25(24)28-22(8-6-12-26(28)34(37)38)13-14-27(35)32-15-7-9-23(20-32)29(36)30-41(39,40)33-18-16-31(3)17-19-33/h4-6,8,10-14,21,23H,7,9,15-20H2,1-3H3,(H,30,36)/b14-13+. The van der Waals surface area contributed by atoms with Gasteiger partial charge in [-0.15, -0.1) is 0 Å². The highest BCUT2D eigenvalue weighted by atomic mass is 32.2. The molecule has 12 heteroatoms. The molecule has 2 saturated heterocycles. The highest BCUT2D eigenvalue weighted by Gasteiger charge is 2.33. The molecular weight excluding hydrogens is 546 g/mol. The van der Waals surface area contributed by atoms with Crippen molar-refractivity contribution in [3.8, 4) is 11.1 Å². The second-order valence-corrected chi connectivity index (χ2v) is 12.5. The number of nitrogens with zero attached hydrogens (tertiary/aromatic N) is 4. The van der Waals surface area contributed by atoms with E-state index in [1.165, 1.54) is 21.3 Å². The number of piperazine rings is 1. The Balaban J connectivity index is 1.50. The van der Waals surface area contributed by atoms with Crippen LogP contribution in [0.1, 0.15) is 43.7 Å². The zero-order valence-electron chi connectivity index (χ0n) is 23.7. The topological polar surface area (TPSA) is 133 Å². The molecular formula is C29H37N5O6S. The van der Waals surface area contributed by atoms with Crippen LogP contribution in [0.15, 0.2) is 48.5 Å². The molecule has 11 nitrogen and oxygen atoms in total. The van der Waals surface area contributed by atoms with Crippen molar-refractivity contribution in [2.45, 2.75) is 32.6 Å². The van der Waals surface area contributed by atoms with E-state index in [0.717, 1.165) is 11.1 Å². The number of rotatable bonds is 8. The molecule has 1 atom stereocenters. The molecule has 1 N–H and O–H groups in total. The first-order valence-corrected chi connectivity index (χ1v) is 15.3. The van der Waals surface area contributed by atoms with E-state index in [1.54, 1.807) is 18.2 Å². The number of amides is 2. The van der Waals surface area contributed by atoms with Gasteiger partial charge in [-0.2, -0.15) is 12.7 Å². The van der Waals surface area contributed by atoms with Crippen LogP contribution in [-0.2, 0) is 19.8 Å². The monoisotopic (exact) mass is 583 g/mol. The van der Waals surface area contributed by atoms with Gasteiger partial charge in [-0.1, -0.05) is 50.2 Å². The van der Waals surface area contributed by atoms with Crippen molar-refractivity contribution in [1.29, 1.82) is 0 Å². The summed E-state index contributed by atoms with van der Waals surface area (Å²) in [7, 11) is -2.04. The van der Waals surface area contributed by atoms with Gasteiger partial charge in [0.1, 0.15) is 0 Å². The lowest BCUT2D eigenvalue weighted by atomic mass is 9.89. The average Bonchev–Trinajstić information content (AvgIpc) is 2.95. The molecule has 1 unspecified atom stereocenters. The summed E-state index contributed by atoms with van der Waals surface area (Å²) in [6.07, 6.45) is 3.96. The van der Waals surface area contributed by atoms with Crippen LogP contribution in [0.5, 0.6) is 0 Å². The quantitative estimate of drug-likeness (QED) is 0.287. The Hall–Kier alpha value is -3.61. The molecule has 4 rings (SSSR count). The van der Waals surface area contributed by atoms with Crippen molar-refractivity contribution >= 4 is 33.8 Å². The fraction of sp³-hybridized carbons (Fsp3) is 0.448. The number of nitro benzene ring substituents is 1. The van der Waals surface area contributed by atoms with E-state index in [1.807, 2.05) is 50.1 Å². The molecule has 0 saturated carbocycles. The molecule has 0 radical (unpaired) electrons. The number of benzene rings is 2. The molecule has 2 aromatic carbocycles. The van der Waals surface area contributed by atoms with Gasteiger partial charge in [-0.05, 0) is 48.6 Å². The fourth-order valence-electron chi connectivity index (χ4n) is 5.33. The van der Waals surface area contributed by atoms with Gasteiger partial charge in [0.05, 0.1) is 16.4 Å². The highest BCUT2D eigenvalue weighted by molar-refractivity contribution is 7.87. The first kappa shape index (κ1) is 30.4. The Labute approximate surface area is 241 Å². The van der Waals surface area contributed by atoms with E-state index >= 15 is 0 Å². The minimum absolute atomic E-state index is 0.0519. The summed E-state index contributed by atoms with van der Waals surface area (Å²) < 4.78 is 29.0. The van der Waals surface area contributed by atoms with Crippen molar-refractivity contribution in [3.05, 3.63) is 69.8 Å². The van der Waals surface area contributed by atoms with E-state index in [0.29, 0.717) is 56.7 Å². The van der Waals surface area contributed by atoms with Crippen LogP contribution in [-0.4, -0.2) is 85.6 Å². The molecule has 0 bridgehead atoms. The van der Waals surface area contributed by atoms with Crippen LogP contribution in [0.4, 0.5) is 5.69 Å². The smallest absolute Gasteiger partial charge is 0.303 e. The number of carbonyl (C=O) groups excluding carboxylic acids is 2. The van der Waals surface area contributed by atoms with Crippen molar-refractivity contribution in [2.24, 2.45) is 5.92 Å². The number of likely N-dealkylation sites (tertiary alicyclic amines) is 1. The predicted molar refractivity (Wildman–Crippen MR) is 157 cm³/mol. The third-order valence-electron chi connectivity index (χ3n) is 7.66. The number of nitrogens with one attached hydrogen (secondary N) is 1. The Morgan fingerprint density at radius 1 is 1.05 bits per heavy atom. The number of hydrogen-bond donors (Lipinski definition) is 1. The van der Waals surface area contributed by atoms with Crippen molar-refractivity contribution in [3.63, 3.8) is 0 Å². The largest absolute Gasteiger partial charge is 0.338 e. The number of carbonyl (C=O) groups is 2. The number of likely N-dealkylation sites (N-methyl/N-ethyl adjacent to an activating group) is 1. The van der Waals surface area contributed by atoms with E-state index < -0.39 is 27.0 Å². The second kappa shape index (κ2) is 12.9. The zero-order chi connectivity index (χ0) is 29.7. The van der Waals surface area contributed by atoms with Gasteiger partial charge in [0.2, 0.25) is 11.8 Å². The van der Waals surface area contributed by atoms with Gasteiger partial charge < -0.3 is 9.80 Å². The third-order valence-corrected chi connectivity index (χ3v) is 9.17. The maximum Gasteiger partial charge on any atom is 0.303 e. The summed E-state index contributed by atoms with van der Waals surface area (Å²) in [5.74, 6) is -1.49. The fourth-order valence-corrected chi connectivity index (χ4v) is 6.53. The summed E-state index contributed by atoms with van der Waals surface area (Å²) in [6, 6.07) is 12.3. The second-order valence-electron chi connectivity index (χ2n) is 10.9. The van der Waals surface area contributed by atoms with Crippen molar-refractivity contribution in [1.82, 2.24) is 18.8 Å². The van der Waals surface area contributed by atoms with Crippen LogP contribution in [0.2, 0.25) is 0 Å². The van der Waals surface area contributed by atoms with E-state index in [2.05, 4.69) is 4.72 Å². The maximum atomic E-state index is 13.2. The molecule has 0 aromatic heterocycles. The van der Waals surface area contributed by atoms with E-state index in [-0.39, 0.29) is 24.1 Å². The minimum atomic E-state index is -3.96. The SMILES string of the molecule is CC(C)c1ccccc1-c1c(/C=C/C(=O)N2CCCC(C(=O)NS(=O)(=O)N3CCN(C)CC3)C2)cccc1[N+](=O)[O-]. The lowest BCUT2D eigenvalue weighted by molar-refractivity contribution is -0.384. The molecule has 2 heterocycles. The Bertz CT molecular complexity index is 1430. The van der Waals surface area contributed by atoms with Crippen molar-refractivity contribution in [2.75, 3.05) is 46.3 Å². The molecule has 2 aliphatic rings.